The maximum atomic E-state index is 13.6. The van der Waals surface area contributed by atoms with Crippen LogP contribution >= 0.6 is 0 Å². The number of amides is 1. The molecule has 0 bridgehead atoms. The van der Waals surface area contributed by atoms with Crippen LogP contribution in [0.15, 0.2) is 59.1 Å². The van der Waals surface area contributed by atoms with Crippen LogP contribution in [0.3, 0.4) is 0 Å². The molecular weight excluding hydrogens is 418 g/mol. The van der Waals surface area contributed by atoms with E-state index >= 15 is 0 Å². The summed E-state index contributed by atoms with van der Waals surface area (Å²) in [7, 11) is 0. The normalized spacial score (nSPS) is 21.0. The van der Waals surface area contributed by atoms with Gasteiger partial charge in [-0.2, -0.15) is 0 Å². The molecule has 0 spiro atoms. The van der Waals surface area contributed by atoms with Crippen molar-refractivity contribution in [2.45, 2.75) is 46.5 Å². The monoisotopic (exact) mass is 445 g/mol. The molecule has 1 aromatic heterocycles. The Morgan fingerprint density at radius 1 is 1.12 bits per heavy atom. The largest absolute Gasteiger partial charge is 0.454 e. The van der Waals surface area contributed by atoms with Gasteiger partial charge >= 0.3 is 0 Å². The molecule has 3 aliphatic rings. The fraction of sp³-hybridized carbons (Fsp3) is 0.346. The lowest BCUT2D eigenvalue weighted by molar-refractivity contribution is -0.118. The van der Waals surface area contributed by atoms with Crippen LogP contribution in [0.2, 0.25) is 0 Å². The number of rotatable bonds is 3. The van der Waals surface area contributed by atoms with Crippen LogP contribution in [0.25, 0.3) is 0 Å². The summed E-state index contributed by atoms with van der Waals surface area (Å²) in [5.41, 5.74) is 4.46. The van der Waals surface area contributed by atoms with E-state index in [9.17, 15) is 9.59 Å². The average molecular weight is 446 g/mol. The van der Waals surface area contributed by atoms with Crippen LogP contribution in [0, 0.1) is 12.3 Å². The number of carbonyl (C=O) groups excluding carboxylic acids is 2. The van der Waals surface area contributed by atoms with Gasteiger partial charge < -0.3 is 20.1 Å². The van der Waals surface area contributed by atoms with Crippen LogP contribution in [0.1, 0.15) is 50.7 Å². The van der Waals surface area contributed by atoms with E-state index in [0.717, 1.165) is 28.9 Å². The number of anilines is 1. The summed E-state index contributed by atoms with van der Waals surface area (Å²) in [6.45, 7) is 8.17. The summed E-state index contributed by atoms with van der Waals surface area (Å²) in [6, 6.07) is 9.29. The molecule has 170 valence electrons. The first kappa shape index (κ1) is 21.2. The molecule has 7 heteroatoms. The quantitative estimate of drug-likeness (QED) is 0.730. The van der Waals surface area contributed by atoms with Crippen molar-refractivity contribution in [1.82, 2.24) is 10.3 Å². The zero-order valence-corrected chi connectivity index (χ0v) is 19.2. The third kappa shape index (κ3) is 3.88. The van der Waals surface area contributed by atoms with Crippen molar-refractivity contribution < 1.29 is 19.1 Å². The van der Waals surface area contributed by atoms with E-state index in [1.54, 1.807) is 12.3 Å². The topological polar surface area (TPSA) is 89.6 Å². The van der Waals surface area contributed by atoms with Gasteiger partial charge in [-0.05, 0) is 55.0 Å². The number of hydrogen-bond donors (Lipinski definition) is 2. The van der Waals surface area contributed by atoms with Crippen molar-refractivity contribution >= 4 is 17.5 Å². The summed E-state index contributed by atoms with van der Waals surface area (Å²) < 4.78 is 11.1. The standard InChI is InChI=1S/C26H27N3O4/c1-14-5-8-21(27-12-14)29-25(31)22-15(2)28-17-10-26(3,4)11-18(30)24(17)23(22)16-6-7-19-20(9-16)33-13-32-19/h5-9,12,23,28H,10-11,13H2,1-4H3,(H,27,29,31)/t23-/m0/s1. The van der Waals surface area contributed by atoms with Gasteiger partial charge in [0.15, 0.2) is 17.3 Å². The van der Waals surface area contributed by atoms with Gasteiger partial charge in [0.05, 0.1) is 0 Å². The summed E-state index contributed by atoms with van der Waals surface area (Å²) >= 11 is 0. The number of aryl methyl sites for hydroxylation is 1. The minimum absolute atomic E-state index is 0.0580. The van der Waals surface area contributed by atoms with Crippen molar-refractivity contribution in [3.63, 3.8) is 0 Å². The Labute approximate surface area is 192 Å². The van der Waals surface area contributed by atoms with Crippen LogP contribution in [0.4, 0.5) is 5.82 Å². The van der Waals surface area contributed by atoms with Crippen molar-refractivity contribution in [2.75, 3.05) is 12.1 Å². The number of aromatic nitrogens is 1. The number of pyridine rings is 1. The van der Waals surface area contributed by atoms with Crippen LogP contribution < -0.4 is 20.1 Å². The Hall–Kier alpha value is -3.61. The number of carbonyl (C=O) groups is 2. The molecule has 0 saturated heterocycles. The highest BCUT2D eigenvalue weighted by Gasteiger charge is 2.43. The fourth-order valence-electron chi connectivity index (χ4n) is 4.89. The van der Waals surface area contributed by atoms with E-state index < -0.39 is 5.92 Å². The lowest BCUT2D eigenvalue weighted by atomic mass is 9.68. The fourth-order valence-corrected chi connectivity index (χ4v) is 4.89. The Morgan fingerprint density at radius 2 is 1.91 bits per heavy atom. The first-order chi connectivity index (χ1) is 15.7. The molecule has 5 rings (SSSR count). The molecule has 1 atom stereocenters. The predicted octanol–water partition coefficient (Wildman–Crippen LogP) is 4.36. The van der Waals surface area contributed by atoms with Gasteiger partial charge in [0.2, 0.25) is 6.79 Å². The number of allylic oxidation sites excluding steroid dienone is 3. The second-order valence-electron chi connectivity index (χ2n) is 9.72. The van der Waals surface area contributed by atoms with E-state index in [0.29, 0.717) is 34.9 Å². The van der Waals surface area contributed by atoms with E-state index in [4.69, 9.17) is 9.47 Å². The number of ether oxygens (including phenoxy) is 2. The zero-order valence-electron chi connectivity index (χ0n) is 19.2. The SMILES string of the molecule is CC1=C(C(=O)Nc2ccc(C)cn2)[C@H](c2ccc3c(c2)OCO3)C2=C(CC(C)(C)CC2=O)N1. The van der Waals surface area contributed by atoms with Gasteiger partial charge in [-0.15, -0.1) is 0 Å². The molecule has 33 heavy (non-hydrogen) atoms. The molecule has 2 aliphatic heterocycles. The molecule has 0 radical (unpaired) electrons. The third-order valence-electron chi connectivity index (χ3n) is 6.37. The van der Waals surface area contributed by atoms with E-state index in [1.807, 2.05) is 38.1 Å². The number of benzene rings is 1. The van der Waals surface area contributed by atoms with E-state index in [1.165, 1.54) is 0 Å². The second kappa shape index (κ2) is 7.76. The van der Waals surface area contributed by atoms with Gasteiger partial charge in [0, 0.05) is 41.1 Å². The Kier molecular flexibility index (Phi) is 5.00. The van der Waals surface area contributed by atoms with Gasteiger partial charge in [0.1, 0.15) is 5.82 Å². The van der Waals surface area contributed by atoms with Crippen molar-refractivity contribution in [3.8, 4) is 11.5 Å². The minimum atomic E-state index is -0.509. The molecule has 7 nitrogen and oxygen atoms in total. The first-order valence-corrected chi connectivity index (χ1v) is 11.1. The van der Waals surface area contributed by atoms with E-state index in [2.05, 4.69) is 29.5 Å². The van der Waals surface area contributed by atoms with Gasteiger partial charge in [0.25, 0.3) is 5.91 Å². The van der Waals surface area contributed by atoms with Crippen LogP contribution in [-0.4, -0.2) is 23.5 Å². The second-order valence-corrected chi connectivity index (χ2v) is 9.72. The molecule has 2 aromatic rings. The molecular formula is C26H27N3O4. The minimum Gasteiger partial charge on any atom is -0.454 e. The number of dihydropyridines is 1. The lowest BCUT2D eigenvalue weighted by Gasteiger charge is -2.39. The van der Waals surface area contributed by atoms with Crippen LogP contribution in [0.5, 0.6) is 11.5 Å². The molecule has 1 aliphatic carbocycles. The van der Waals surface area contributed by atoms with Crippen molar-refractivity contribution in [3.05, 3.63) is 70.2 Å². The molecule has 1 aromatic carbocycles. The number of fused-ring (bicyclic) bond motifs is 1. The number of nitrogens with zero attached hydrogens (tertiary/aromatic N) is 1. The highest BCUT2D eigenvalue weighted by molar-refractivity contribution is 6.09. The highest BCUT2D eigenvalue weighted by Crippen LogP contribution is 2.48. The Balaban J connectivity index is 1.60. The van der Waals surface area contributed by atoms with Gasteiger partial charge in [-0.3, -0.25) is 9.59 Å². The Morgan fingerprint density at radius 3 is 2.67 bits per heavy atom. The first-order valence-electron chi connectivity index (χ1n) is 11.1. The van der Waals surface area contributed by atoms with E-state index in [-0.39, 0.29) is 23.9 Å². The number of Topliss-reactive ketones (excluding diaryl/α,β-unsaturated/α-hetero) is 1. The van der Waals surface area contributed by atoms with Crippen molar-refractivity contribution in [2.24, 2.45) is 5.41 Å². The number of ketones is 1. The molecule has 0 fully saturated rings. The van der Waals surface area contributed by atoms with Crippen LogP contribution in [-0.2, 0) is 9.59 Å². The highest BCUT2D eigenvalue weighted by atomic mass is 16.7. The third-order valence-corrected chi connectivity index (χ3v) is 6.37. The summed E-state index contributed by atoms with van der Waals surface area (Å²) in [5, 5.41) is 6.29. The smallest absolute Gasteiger partial charge is 0.255 e. The maximum absolute atomic E-state index is 13.6. The van der Waals surface area contributed by atoms with Crippen molar-refractivity contribution in [1.29, 1.82) is 0 Å². The summed E-state index contributed by atoms with van der Waals surface area (Å²) in [6.07, 6.45) is 2.88. The summed E-state index contributed by atoms with van der Waals surface area (Å²) in [4.78, 5) is 31.3. The zero-order chi connectivity index (χ0) is 23.3. The molecule has 1 amide bonds. The summed E-state index contributed by atoms with van der Waals surface area (Å²) in [5.74, 6) is 1.00. The predicted molar refractivity (Wildman–Crippen MR) is 124 cm³/mol. The Bertz CT molecular complexity index is 1220. The molecule has 0 saturated carbocycles. The lowest BCUT2D eigenvalue weighted by Crippen LogP contribution is -2.39. The van der Waals surface area contributed by atoms with Gasteiger partial charge in [-0.1, -0.05) is 26.0 Å². The van der Waals surface area contributed by atoms with Gasteiger partial charge in [-0.25, -0.2) is 4.98 Å². The maximum Gasteiger partial charge on any atom is 0.255 e. The molecule has 3 heterocycles. The average Bonchev–Trinajstić information content (AvgIpc) is 3.21. The number of nitrogens with one attached hydrogen (secondary N) is 2. The molecule has 0 unspecified atom stereocenters. The number of hydrogen-bond acceptors (Lipinski definition) is 6. The molecule has 2 N–H and O–H groups in total.